The quantitative estimate of drug-likeness (QED) is 0.809. The highest BCUT2D eigenvalue weighted by molar-refractivity contribution is 7.15. The number of anilines is 1. The molecule has 1 amide bonds. The van der Waals surface area contributed by atoms with Crippen LogP contribution in [0.1, 0.15) is 37.6 Å². The number of esters is 1. The number of hydrogen-bond donors (Lipinski definition) is 1. The fourth-order valence-corrected chi connectivity index (χ4v) is 1.78. The fraction of sp³-hybridized carbons (Fsp3) is 0.600. The van der Waals surface area contributed by atoms with Crippen LogP contribution >= 0.6 is 11.3 Å². The van der Waals surface area contributed by atoms with E-state index in [1.165, 1.54) is 18.4 Å². The van der Waals surface area contributed by atoms with Gasteiger partial charge in [0.25, 0.3) is 0 Å². The highest BCUT2D eigenvalue weighted by atomic mass is 32.1. The normalized spacial score (nSPS) is 10.4. The number of methoxy groups -OCH3 is 1. The monoisotopic (exact) mass is 257 g/mol. The SMILES string of the molecule is COC(=O)CCC(=O)Nc1nnc(C(C)C)s1. The molecule has 0 atom stereocenters. The van der Waals surface area contributed by atoms with Crippen molar-refractivity contribution in [1.82, 2.24) is 10.2 Å². The molecule has 0 aromatic carbocycles. The van der Waals surface area contributed by atoms with Crippen LogP contribution in [0.4, 0.5) is 5.13 Å². The van der Waals surface area contributed by atoms with Gasteiger partial charge in [-0.15, -0.1) is 10.2 Å². The van der Waals surface area contributed by atoms with Crippen LogP contribution in [0.5, 0.6) is 0 Å². The zero-order valence-electron chi connectivity index (χ0n) is 10.0. The van der Waals surface area contributed by atoms with Gasteiger partial charge in [-0.2, -0.15) is 0 Å². The van der Waals surface area contributed by atoms with Crippen molar-refractivity contribution in [3.63, 3.8) is 0 Å². The van der Waals surface area contributed by atoms with Gasteiger partial charge in [0.1, 0.15) is 5.01 Å². The van der Waals surface area contributed by atoms with Crippen molar-refractivity contribution in [3.05, 3.63) is 5.01 Å². The van der Waals surface area contributed by atoms with Crippen molar-refractivity contribution in [2.45, 2.75) is 32.6 Å². The van der Waals surface area contributed by atoms with E-state index >= 15 is 0 Å². The molecule has 7 heteroatoms. The minimum Gasteiger partial charge on any atom is -0.469 e. The van der Waals surface area contributed by atoms with Crippen LogP contribution in [0.25, 0.3) is 0 Å². The Labute approximate surface area is 103 Å². The summed E-state index contributed by atoms with van der Waals surface area (Å²) >= 11 is 1.34. The first-order chi connectivity index (χ1) is 8.02. The first-order valence-corrected chi connectivity index (χ1v) is 6.04. The van der Waals surface area contributed by atoms with Crippen LogP contribution in [0, 0.1) is 0 Å². The summed E-state index contributed by atoms with van der Waals surface area (Å²) < 4.78 is 4.44. The molecule has 0 aliphatic carbocycles. The van der Waals surface area contributed by atoms with Crippen LogP contribution in [-0.4, -0.2) is 29.2 Å². The van der Waals surface area contributed by atoms with E-state index in [-0.39, 0.29) is 24.7 Å². The minimum atomic E-state index is -0.403. The van der Waals surface area contributed by atoms with Gasteiger partial charge in [0.15, 0.2) is 0 Å². The third kappa shape index (κ3) is 4.48. The van der Waals surface area contributed by atoms with Crippen LogP contribution in [0.15, 0.2) is 0 Å². The summed E-state index contributed by atoms with van der Waals surface area (Å²) in [5, 5.41) is 11.7. The van der Waals surface area contributed by atoms with Gasteiger partial charge in [0.05, 0.1) is 13.5 Å². The standard InChI is InChI=1S/C10H15N3O3S/c1-6(2)9-12-13-10(17-9)11-7(14)4-5-8(15)16-3/h6H,4-5H2,1-3H3,(H,11,13,14). The molecular formula is C10H15N3O3S. The number of carbonyl (C=O) groups is 2. The third-order valence-electron chi connectivity index (χ3n) is 1.96. The smallest absolute Gasteiger partial charge is 0.306 e. The number of rotatable bonds is 5. The lowest BCUT2D eigenvalue weighted by molar-refractivity contribution is -0.141. The van der Waals surface area contributed by atoms with Gasteiger partial charge in [-0.25, -0.2) is 0 Å². The molecule has 1 heterocycles. The van der Waals surface area contributed by atoms with Crippen molar-refractivity contribution in [1.29, 1.82) is 0 Å². The molecule has 0 fully saturated rings. The van der Waals surface area contributed by atoms with Gasteiger partial charge >= 0.3 is 5.97 Å². The highest BCUT2D eigenvalue weighted by Crippen LogP contribution is 2.22. The first kappa shape index (κ1) is 13.6. The highest BCUT2D eigenvalue weighted by Gasteiger charge is 2.11. The Kier molecular flexibility index (Phi) is 5.02. The lowest BCUT2D eigenvalue weighted by atomic mass is 10.2. The van der Waals surface area contributed by atoms with E-state index in [4.69, 9.17) is 0 Å². The first-order valence-electron chi connectivity index (χ1n) is 5.23. The second kappa shape index (κ2) is 6.29. The molecule has 0 aliphatic rings. The number of ether oxygens (including phenoxy) is 1. The van der Waals surface area contributed by atoms with Crippen molar-refractivity contribution >= 4 is 28.3 Å². The van der Waals surface area contributed by atoms with E-state index in [1.807, 2.05) is 13.8 Å². The zero-order valence-corrected chi connectivity index (χ0v) is 10.8. The van der Waals surface area contributed by atoms with E-state index in [0.717, 1.165) is 5.01 Å². The minimum absolute atomic E-state index is 0.0676. The maximum absolute atomic E-state index is 11.4. The summed E-state index contributed by atoms with van der Waals surface area (Å²) in [6.45, 7) is 4.01. The Morgan fingerprint density at radius 1 is 1.35 bits per heavy atom. The molecule has 1 rings (SSSR count). The largest absolute Gasteiger partial charge is 0.469 e. The van der Waals surface area contributed by atoms with Crippen molar-refractivity contribution in [3.8, 4) is 0 Å². The molecule has 6 nitrogen and oxygen atoms in total. The predicted octanol–water partition coefficient (Wildman–Crippen LogP) is 1.55. The summed E-state index contributed by atoms with van der Waals surface area (Å²) in [5.41, 5.74) is 0. The maximum atomic E-state index is 11.4. The predicted molar refractivity (Wildman–Crippen MR) is 63.9 cm³/mol. The molecule has 0 unspecified atom stereocenters. The maximum Gasteiger partial charge on any atom is 0.306 e. The van der Waals surface area contributed by atoms with Gasteiger partial charge in [-0.3, -0.25) is 9.59 Å². The summed E-state index contributed by atoms with van der Waals surface area (Å²) in [5.74, 6) is -0.379. The van der Waals surface area contributed by atoms with Gasteiger partial charge in [0, 0.05) is 12.3 Å². The van der Waals surface area contributed by atoms with E-state index in [2.05, 4.69) is 20.3 Å². The van der Waals surface area contributed by atoms with Gasteiger partial charge < -0.3 is 10.1 Å². The number of aromatic nitrogens is 2. The Hall–Kier alpha value is -1.50. The summed E-state index contributed by atoms with van der Waals surface area (Å²) in [6, 6.07) is 0. The van der Waals surface area contributed by atoms with E-state index in [0.29, 0.717) is 5.13 Å². The van der Waals surface area contributed by atoms with Crippen LogP contribution in [0.2, 0.25) is 0 Å². The third-order valence-corrected chi connectivity index (χ3v) is 3.10. The van der Waals surface area contributed by atoms with Crippen LogP contribution in [0.3, 0.4) is 0 Å². The van der Waals surface area contributed by atoms with Gasteiger partial charge in [-0.05, 0) is 0 Å². The molecule has 0 aliphatic heterocycles. The zero-order chi connectivity index (χ0) is 12.8. The molecule has 0 spiro atoms. The molecule has 0 saturated carbocycles. The van der Waals surface area contributed by atoms with Crippen LogP contribution < -0.4 is 5.32 Å². The lowest BCUT2D eigenvalue weighted by Gasteiger charge is -2.00. The Bertz CT molecular complexity index is 403. The second-order valence-electron chi connectivity index (χ2n) is 3.72. The number of hydrogen-bond acceptors (Lipinski definition) is 6. The average Bonchev–Trinajstić information content (AvgIpc) is 2.74. The molecule has 1 N–H and O–H groups in total. The Balaban J connectivity index is 2.42. The fourth-order valence-electron chi connectivity index (χ4n) is 1.02. The summed E-state index contributed by atoms with van der Waals surface area (Å²) in [4.78, 5) is 22.3. The number of nitrogens with one attached hydrogen (secondary N) is 1. The van der Waals surface area contributed by atoms with Gasteiger partial charge in [-0.1, -0.05) is 25.2 Å². The molecule has 17 heavy (non-hydrogen) atoms. The van der Waals surface area contributed by atoms with Gasteiger partial charge in [0.2, 0.25) is 11.0 Å². The molecule has 1 aromatic heterocycles. The van der Waals surface area contributed by atoms with Crippen molar-refractivity contribution in [2.24, 2.45) is 0 Å². The van der Waals surface area contributed by atoms with E-state index < -0.39 is 5.97 Å². The lowest BCUT2D eigenvalue weighted by Crippen LogP contribution is -2.13. The molecule has 0 bridgehead atoms. The summed E-state index contributed by atoms with van der Waals surface area (Å²) in [7, 11) is 1.29. The molecular weight excluding hydrogens is 242 g/mol. The molecule has 94 valence electrons. The van der Waals surface area contributed by atoms with Crippen molar-refractivity contribution in [2.75, 3.05) is 12.4 Å². The average molecular weight is 257 g/mol. The molecule has 0 radical (unpaired) electrons. The van der Waals surface area contributed by atoms with E-state index in [1.54, 1.807) is 0 Å². The Morgan fingerprint density at radius 3 is 2.59 bits per heavy atom. The van der Waals surface area contributed by atoms with Crippen LogP contribution in [-0.2, 0) is 14.3 Å². The molecule has 0 saturated heterocycles. The second-order valence-corrected chi connectivity index (χ2v) is 4.73. The summed E-state index contributed by atoms with van der Waals surface area (Å²) in [6.07, 6.45) is 0.154. The number of carbonyl (C=O) groups excluding carboxylic acids is 2. The van der Waals surface area contributed by atoms with Crippen molar-refractivity contribution < 1.29 is 14.3 Å². The van der Waals surface area contributed by atoms with E-state index in [9.17, 15) is 9.59 Å². The topological polar surface area (TPSA) is 81.2 Å². The molecule has 1 aromatic rings. The number of nitrogens with zero attached hydrogens (tertiary/aromatic N) is 2. The Morgan fingerprint density at radius 2 is 2.06 bits per heavy atom. The number of amides is 1.